The van der Waals surface area contributed by atoms with Crippen LogP contribution < -0.4 is 0 Å². The molecule has 0 saturated carbocycles. The van der Waals surface area contributed by atoms with Gasteiger partial charge in [-0.1, -0.05) is 12.1 Å². The molecule has 4 nitrogen and oxygen atoms in total. The predicted molar refractivity (Wildman–Crippen MR) is 80.6 cm³/mol. The third-order valence-corrected chi connectivity index (χ3v) is 3.23. The zero-order valence-corrected chi connectivity index (χ0v) is 11.6. The van der Waals surface area contributed by atoms with Crippen molar-refractivity contribution in [2.75, 3.05) is 14.1 Å². The third kappa shape index (κ3) is 2.38. The summed E-state index contributed by atoms with van der Waals surface area (Å²) in [4.78, 5) is 9.91. The number of rotatable bonds is 3. The summed E-state index contributed by atoms with van der Waals surface area (Å²) in [7, 11) is 3.96. The van der Waals surface area contributed by atoms with Crippen LogP contribution in [0.2, 0.25) is 0 Å². The van der Waals surface area contributed by atoms with Crippen molar-refractivity contribution in [3.05, 3.63) is 48.0 Å². The highest BCUT2D eigenvalue weighted by molar-refractivity contribution is 5.79. The van der Waals surface area contributed by atoms with E-state index in [1.807, 2.05) is 55.4 Å². The van der Waals surface area contributed by atoms with Gasteiger partial charge in [0.2, 0.25) is 0 Å². The number of para-hydroxylation sites is 2. The van der Waals surface area contributed by atoms with Crippen LogP contribution >= 0.6 is 0 Å². The number of fused-ring (bicyclic) bond motifs is 1. The fourth-order valence-electron chi connectivity index (χ4n) is 2.29. The molecule has 20 heavy (non-hydrogen) atoms. The van der Waals surface area contributed by atoms with Crippen LogP contribution in [0.5, 0.6) is 5.75 Å². The fourth-order valence-corrected chi connectivity index (χ4v) is 2.29. The molecular weight excluding hydrogens is 250 g/mol. The summed E-state index contributed by atoms with van der Waals surface area (Å²) in [5, 5.41) is 9.91. The van der Waals surface area contributed by atoms with Crippen LogP contribution in [0.1, 0.15) is 5.56 Å². The first kappa shape index (κ1) is 12.7. The van der Waals surface area contributed by atoms with E-state index in [0.29, 0.717) is 12.3 Å². The van der Waals surface area contributed by atoms with Gasteiger partial charge in [-0.05, 0) is 44.4 Å². The summed E-state index contributed by atoms with van der Waals surface area (Å²) < 4.78 is 0. The van der Waals surface area contributed by atoms with Gasteiger partial charge in [0.1, 0.15) is 11.6 Å². The second-order valence-corrected chi connectivity index (χ2v) is 5.18. The molecule has 0 atom stereocenters. The number of hydrogen-bond donors (Lipinski definition) is 2. The summed E-state index contributed by atoms with van der Waals surface area (Å²) >= 11 is 0. The number of phenolic OH excluding ortho intramolecular Hbond substituents is 1. The van der Waals surface area contributed by atoms with Crippen LogP contribution in [0.15, 0.2) is 42.5 Å². The molecule has 1 aromatic heterocycles. The van der Waals surface area contributed by atoms with Gasteiger partial charge in [0.15, 0.2) is 0 Å². The SMILES string of the molecule is CN(C)Cc1cc(-c2nc3ccccc3[nH]2)ccc1O. The van der Waals surface area contributed by atoms with Gasteiger partial charge in [0.05, 0.1) is 11.0 Å². The zero-order valence-electron chi connectivity index (χ0n) is 11.6. The van der Waals surface area contributed by atoms with Crippen molar-refractivity contribution in [1.29, 1.82) is 0 Å². The summed E-state index contributed by atoms with van der Waals surface area (Å²) in [6.07, 6.45) is 0. The molecule has 0 saturated heterocycles. The second kappa shape index (κ2) is 4.98. The van der Waals surface area contributed by atoms with Crippen molar-refractivity contribution in [2.24, 2.45) is 0 Å². The van der Waals surface area contributed by atoms with Crippen LogP contribution in [0.25, 0.3) is 22.4 Å². The number of nitrogens with one attached hydrogen (secondary N) is 1. The topological polar surface area (TPSA) is 52.2 Å². The highest BCUT2D eigenvalue weighted by atomic mass is 16.3. The van der Waals surface area contributed by atoms with E-state index < -0.39 is 0 Å². The molecule has 0 aliphatic heterocycles. The molecule has 0 bridgehead atoms. The molecule has 2 aromatic carbocycles. The van der Waals surface area contributed by atoms with Crippen molar-refractivity contribution in [1.82, 2.24) is 14.9 Å². The molecule has 3 rings (SSSR count). The number of nitrogens with zero attached hydrogens (tertiary/aromatic N) is 2. The van der Waals surface area contributed by atoms with Crippen molar-refractivity contribution < 1.29 is 5.11 Å². The van der Waals surface area contributed by atoms with E-state index in [2.05, 4.69) is 9.97 Å². The van der Waals surface area contributed by atoms with E-state index >= 15 is 0 Å². The molecule has 0 amide bonds. The van der Waals surface area contributed by atoms with Gasteiger partial charge in [-0.3, -0.25) is 0 Å². The Bertz CT molecular complexity index is 713. The average molecular weight is 267 g/mol. The molecule has 0 aliphatic rings. The molecule has 0 fully saturated rings. The van der Waals surface area contributed by atoms with Gasteiger partial charge in [0, 0.05) is 17.7 Å². The Morgan fingerprint density at radius 3 is 2.70 bits per heavy atom. The third-order valence-electron chi connectivity index (χ3n) is 3.23. The van der Waals surface area contributed by atoms with E-state index in [4.69, 9.17) is 0 Å². The molecule has 1 heterocycles. The van der Waals surface area contributed by atoms with Crippen LogP contribution in [-0.4, -0.2) is 34.1 Å². The van der Waals surface area contributed by atoms with E-state index in [9.17, 15) is 5.11 Å². The predicted octanol–water partition coefficient (Wildman–Crippen LogP) is 3.00. The first-order chi connectivity index (χ1) is 9.63. The molecule has 0 unspecified atom stereocenters. The average Bonchev–Trinajstić information content (AvgIpc) is 2.84. The Labute approximate surface area is 117 Å². The number of phenols is 1. The van der Waals surface area contributed by atoms with Crippen LogP contribution in [0, 0.1) is 0 Å². The molecule has 102 valence electrons. The lowest BCUT2D eigenvalue weighted by Gasteiger charge is -2.12. The Morgan fingerprint density at radius 1 is 1.15 bits per heavy atom. The minimum Gasteiger partial charge on any atom is -0.508 e. The number of aromatic nitrogens is 2. The van der Waals surface area contributed by atoms with E-state index in [1.165, 1.54) is 0 Å². The van der Waals surface area contributed by atoms with Crippen molar-refractivity contribution in [3.8, 4) is 17.1 Å². The molecule has 3 aromatic rings. The monoisotopic (exact) mass is 267 g/mol. The molecule has 0 spiro atoms. The number of hydrogen-bond acceptors (Lipinski definition) is 3. The van der Waals surface area contributed by atoms with Crippen molar-refractivity contribution in [3.63, 3.8) is 0 Å². The maximum atomic E-state index is 9.91. The van der Waals surface area contributed by atoms with Gasteiger partial charge in [-0.25, -0.2) is 4.98 Å². The Morgan fingerprint density at radius 2 is 1.95 bits per heavy atom. The van der Waals surface area contributed by atoms with Gasteiger partial charge in [0.25, 0.3) is 0 Å². The Balaban J connectivity index is 2.05. The maximum absolute atomic E-state index is 9.91. The number of aromatic amines is 1. The molecule has 0 aliphatic carbocycles. The summed E-state index contributed by atoms with van der Waals surface area (Å²) in [5.74, 6) is 1.14. The first-order valence-corrected chi connectivity index (χ1v) is 6.55. The van der Waals surface area contributed by atoms with Crippen LogP contribution in [0.4, 0.5) is 0 Å². The molecule has 0 radical (unpaired) electrons. The lowest BCUT2D eigenvalue weighted by molar-refractivity contribution is 0.386. The quantitative estimate of drug-likeness (QED) is 0.767. The minimum absolute atomic E-state index is 0.318. The van der Waals surface area contributed by atoms with Gasteiger partial charge >= 0.3 is 0 Å². The number of aromatic hydroxyl groups is 1. The van der Waals surface area contributed by atoms with Crippen molar-refractivity contribution >= 4 is 11.0 Å². The van der Waals surface area contributed by atoms with Crippen LogP contribution in [-0.2, 0) is 6.54 Å². The highest BCUT2D eigenvalue weighted by Gasteiger charge is 2.09. The highest BCUT2D eigenvalue weighted by Crippen LogP contribution is 2.26. The molecule has 2 N–H and O–H groups in total. The normalized spacial score (nSPS) is 11.3. The lowest BCUT2D eigenvalue weighted by atomic mass is 10.1. The smallest absolute Gasteiger partial charge is 0.138 e. The van der Waals surface area contributed by atoms with Crippen molar-refractivity contribution in [2.45, 2.75) is 6.54 Å². The van der Waals surface area contributed by atoms with E-state index in [1.54, 1.807) is 6.07 Å². The second-order valence-electron chi connectivity index (χ2n) is 5.18. The summed E-state index contributed by atoms with van der Waals surface area (Å²) in [6, 6.07) is 13.5. The number of benzene rings is 2. The number of imidazole rings is 1. The molecular formula is C16H17N3O. The van der Waals surface area contributed by atoms with Gasteiger partial charge < -0.3 is 15.0 Å². The fraction of sp³-hybridized carbons (Fsp3) is 0.188. The van der Waals surface area contributed by atoms with E-state index in [-0.39, 0.29) is 0 Å². The molecule has 4 heteroatoms. The Hall–Kier alpha value is -2.33. The van der Waals surface area contributed by atoms with Crippen LogP contribution in [0.3, 0.4) is 0 Å². The Kier molecular flexibility index (Phi) is 3.16. The van der Waals surface area contributed by atoms with E-state index in [0.717, 1.165) is 28.0 Å². The largest absolute Gasteiger partial charge is 0.508 e. The number of H-pyrrole nitrogens is 1. The lowest BCUT2D eigenvalue weighted by Crippen LogP contribution is -2.10. The standard InChI is InChI=1S/C16H17N3O/c1-19(2)10-12-9-11(7-8-15(12)20)16-17-13-5-3-4-6-14(13)18-16/h3-9,20H,10H2,1-2H3,(H,17,18). The minimum atomic E-state index is 0.318. The van der Waals surface area contributed by atoms with Gasteiger partial charge in [-0.2, -0.15) is 0 Å². The summed E-state index contributed by atoms with van der Waals surface area (Å²) in [6.45, 7) is 0.694. The van der Waals surface area contributed by atoms with Gasteiger partial charge in [-0.15, -0.1) is 0 Å². The first-order valence-electron chi connectivity index (χ1n) is 6.55. The maximum Gasteiger partial charge on any atom is 0.138 e. The zero-order chi connectivity index (χ0) is 14.1. The summed E-state index contributed by atoms with van der Waals surface area (Å²) in [5.41, 5.74) is 3.85.